The molecule has 4 aliphatic carbocycles. The number of carbonyl (C=O) groups is 1. The van der Waals surface area contributed by atoms with E-state index in [4.69, 9.17) is 0 Å². The average Bonchev–Trinajstić information content (AvgIpc) is 2.31. The van der Waals surface area contributed by atoms with E-state index in [1.165, 1.54) is 38.5 Å². The highest BCUT2D eigenvalue weighted by atomic mass is 35.5. The van der Waals surface area contributed by atoms with E-state index in [2.05, 4.69) is 31.4 Å². The minimum absolute atomic E-state index is 0. The van der Waals surface area contributed by atoms with Crippen molar-refractivity contribution in [2.45, 2.75) is 64.8 Å². The lowest BCUT2D eigenvalue weighted by atomic mass is 9.49. The van der Waals surface area contributed by atoms with Gasteiger partial charge in [0.1, 0.15) is 0 Å². The molecule has 0 heterocycles. The van der Waals surface area contributed by atoms with Crippen LogP contribution in [0.1, 0.15) is 59.3 Å². The van der Waals surface area contributed by atoms with Crippen LogP contribution in [0.3, 0.4) is 0 Å². The lowest BCUT2D eigenvalue weighted by Crippen LogP contribution is -2.52. The van der Waals surface area contributed by atoms with Gasteiger partial charge in [-0.25, -0.2) is 0 Å². The van der Waals surface area contributed by atoms with Gasteiger partial charge in [0.15, 0.2) is 0 Å². The van der Waals surface area contributed by atoms with Crippen LogP contribution < -0.4 is 10.6 Å². The first kappa shape index (κ1) is 17.1. The van der Waals surface area contributed by atoms with Gasteiger partial charge in [-0.1, -0.05) is 0 Å². The van der Waals surface area contributed by atoms with Gasteiger partial charge in [-0.3, -0.25) is 4.79 Å². The van der Waals surface area contributed by atoms with Crippen molar-refractivity contribution in [3.63, 3.8) is 0 Å². The second kappa shape index (κ2) is 6.08. The summed E-state index contributed by atoms with van der Waals surface area (Å²) in [5.41, 5.74) is 0.462. The van der Waals surface area contributed by atoms with Crippen LogP contribution in [0.5, 0.6) is 0 Å². The zero-order chi connectivity index (χ0) is 14.4. The molecular weight excluding hydrogens is 284 g/mol. The molecule has 0 aromatic heterocycles. The standard InChI is InChI=1S/C17H30N2O.ClH/c1-16(2,3)19-10-15(20)18-11-17-7-12-4-13(8-17)6-14(5-12)9-17;/h12-14,19H,4-11H2,1-3H3,(H,18,20);1H. The third-order valence-corrected chi connectivity index (χ3v) is 5.60. The number of hydrogen-bond donors (Lipinski definition) is 2. The Kier molecular flexibility index (Phi) is 4.94. The minimum atomic E-state index is 0. The zero-order valence-corrected chi connectivity index (χ0v) is 14.5. The van der Waals surface area contributed by atoms with Crippen LogP contribution in [0.4, 0.5) is 0 Å². The number of hydrogen-bond acceptors (Lipinski definition) is 2. The predicted molar refractivity (Wildman–Crippen MR) is 88.6 cm³/mol. The van der Waals surface area contributed by atoms with Crippen molar-refractivity contribution in [1.82, 2.24) is 10.6 Å². The van der Waals surface area contributed by atoms with Crippen LogP contribution >= 0.6 is 12.4 Å². The number of nitrogens with one attached hydrogen (secondary N) is 2. The van der Waals surface area contributed by atoms with Crippen molar-refractivity contribution in [2.75, 3.05) is 13.1 Å². The summed E-state index contributed by atoms with van der Waals surface area (Å²) in [4.78, 5) is 12.0. The highest BCUT2D eigenvalue weighted by Crippen LogP contribution is 2.59. The van der Waals surface area contributed by atoms with E-state index >= 15 is 0 Å². The number of amides is 1. The Morgan fingerprint density at radius 1 is 1.05 bits per heavy atom. The fourth-order valence-corrected chi connectivity index (χ4v) is 5.20. The fourth-order valence-electron chi connectivity index (χ4n) is 5.20. The van der Waals surface area contributed by atoms with E-state index in [-0.39, 0.29) is 23.9 Å². The van der Waals surface area contributed by atoms with Crippen LogP contribution in [0.15, 0.2) is 0 Å². The Morgan fingerprint density at radius 2 is 1.52 bits per heavy atom. The van der Waals surface area contributed by atoms with Gasteiger partial charge in [0.25, 0.3) is 0 Å². The SMILES string of the molecule is CC(C)(C)NCC(=O)NCC12CC3CC(CC(C3)C1)C2.Cl. The normalized spacial score (nSPS) is 37.2. The summed E-state index contributed by atoms with van der Waals surface area (Å²) in [5.74, 6) is 3.05. The summed E-state index contributed by atoms with van der Waals surface area (Å²) >= 11 is 0. The Balaban J connectivity index is 0.00000161. The molecule has 0 aromatic rings. The Labute approximate surface area is 135 Å². The molecule has 4 rings (SSSR count). The van der Waals surface area contributed by atoms with E-state index < -0.39 is 0 Å². The van der Waals surface area contributed by atoms with Crippen molar-refractivity contribution in [3.8, 4) is 0 Å². The monoisotopic (exact) mass is 314 g/mol. The molecule has 4 bridgehead atoms. The Hall–Kier alpha value is -0.280. The second-order valence-corrected chi connectivity index (χ2v) is 8.80. The molecule has 0 aliphatic heterocycles. The molecule has 4 saturated carbocycles. The smallest absolute Gasteiger partial charge is 0.233 e. The van der Waals surface area contributed by atoms with Crippen LogP contribution in [-0.2, 0) is 4.79 Å². The van der Waals surface area contributed by atoms with Gasteiger partial charge in [0, 0.05) is 12.1 Å². The van der Waals surface area contributed by atoms with E-state index in [9.17, 15) is 4.79 Å². The van der Waals surface area contributed by atoms with Gasteiger partial charge in [-0.15, -0.1) is 12.4 Å². The van der Waals surface area contributed by atoms with Crippen LogP contribution in [0.25, 0.3) is 0 Å². The maximum atomic E-state index is 12.0. The van der Waals surface area contributed by atoms with E-state index in [1.54, 1.807) is 0 Å². The van der Waals surface area contributed by atoms with Crippen molar-refractivity contribution in [3.05, 3.63) is 0 Å². The highest BCUT2D eigenvalue weighted by Gasteiger charge is 2.50. The first-order valence-electron chi connectivity index (χ1n) is 8.35. The van der Waals surface area contributed by atoms with Crippen molar-refractivity contribution in [2.24, 2.45) is 23.2 Å². The zero-order valence-electron chi connectivity index (χ0n) is 13.7. The summed E-state index contributed by atoms with van der Waals surface area (Å²) in [6, 6.07) is 0. The molecule has 4 fully saturated rings. The summed E-state index contributed by atoms with van der Waals surface area (Å²) in [7, 11) is 0. The van der Waals surface area contributed by atoms with E-state index in [1.807, 2.05) is 0 Å². The van der Waals surface area contributed by atoms with Crippen LogP contribution in [0.2, 0.25) is 0 Å². The second-order valence-electron chi connectivity index (χ2n) is 8.80. The molecule has 0 radical (unpaired) electrons. The first-order chi connectivity index (χ1) is 9.34. The lowest BCUT2D eigenvalue weighted by molar-refractivity contribution is -0.122. The maximum absolute atomic E-state index is 12.0. The molecule has 0 atom stereocenters. The van der Waals surface area contributed by atoms with Crippen molar-refractivity contribution in [1.29, 1.82) is 0 Å². The summed E-state index contributed by atoms with van der Waals surface area (Å²) in [6.45, 7) is 7.65. The molecule has 122 valence electrons. The molecular formula is C17H31ClN2O. The Morgan fingerprint density at radius 3 is 1.95 bits per heavy atom. The van der Waals surface area contributed by atoms with Crippen molar-refractivity contribution >= 4 is 18.3 Å². The maximum Gasteiger partial charge on any atom is 0.233 e. The molecule has 0 unspecified atom stereocenters. The Bertz CT molecular complexity index is 353. The van der Waals surface area contributed by atoms with Gasteiger partial charge in [0.2, 0.25) is 5.91 Å². The molecule has 0 saturated heterocycles. The number of rotatable bonds is 4. The van der Waals surface area contributed by atoms with E-state index in [0.717, 1.165) is 24.3 Å². The molecule has 21 heavy (non-hydrogen) atoms. The molecule has 0 spiro atoms. The largest absolute Gasteiger partial charge is 0.354 e. The lowest BCUT2D eigenvalue weighted by Gasteiger charge is -2.56. The average molecular weight is 315 g/mol. The topological polar surface area (TPSA) is 41.1 Å². The van der Waals surface area contributed by atoms with Crippen LogP contribution in [0, 0.1) is 23.2 Å². The summed E-state index contributed by atoms with van der Waals surface area (Å²) < 4.78 is 0. The quantitative estimate of drug-likeness (QED) is 0.837. The third kappa shape index (κ3) is 4.13. The van der Waals surface area contributed by atoms with Gasteiger partial charge < -0.3 is 10.6 Å². The number of halogens is 1. The molecule has 3 nitrogen and oxygen atoms in total. The van der Waals surface area contributed by atoms with E-state index in [0.29, 0.717) is 12.0 Å². The predicted octanol–water partition coefficient (Wildman–Crippen LogP) is 3.13. The molecule has 2 N–H and O–H groups in total. The molecule has 4 aliphatic rings. The minimum Gasteiger partial charge on any atom is -0.354 e. The molecule has 4 heteroatoms. The number of carbonyl (C=O) groups excluding carboxylic acids is 1. The molecule has 1 amide bonds. The van der Waals surface area contributed by atoms with Gasteiger partial charge in [-0.2, -0.15) is 0 Å². The van der Waals surface area contributed by atoms with Crippen LogP contribution in [-0.4, -0.2) is 24.5 Å². The van der Waals surface area contributed by atoms with Crippen molar-refractivity contribution < 1.29 is 4.79 Å². The third-order valence-electron chi connectivity index (χ3n) is 5.60. The highest BCUT2D eigenvalue weighted by molar-refractivity contribution is 5.85. The first-order valence-corrected chi connectivity index (χ1v) is 8.35. The summed E-state index contributed by atoms with van der Waals surface area (Å²) in [5, 5.41) is 6.48. The van der Waals surface area contributed by atoms with Gasteiger partial charge >= 0.3 is 0 Å². The fraction of sp³-hybridized carbons (Fsp3) is 0.941. The van der Waals surface area contributed by atoms with Gasteiger partial charge in [-0.05, 0) is 82.5 Å². The summed E-state index contributed by atoms with van der Waals surface area (Å²) in [6.07, 6.45) is 8.51. The molecule has 0 aromatic carbocycles. The van der Waals surface area contributed by atoms with Gasteiger partial charge in [0.05, 0.1) is 6.54 Å².